The van der Waals surface area contributed by atoms with Gasteiger partial charge in [0.05, 0.1) is 19.3 Å². The summed E-state index contributed by atoms with van der Waals surface area (Å²) in [6.45, 7) is 3.84. The van der Waals surface area contributed by atoms with Crippen LogP contribution in [0, 0.1) is 0 Å². The molecule has 10 nitrogen and oxygen atoms in total. The number of hydrogen-bond donors (Lipinski definition) is 2. The van der Waals surface area contributed by atoms with Crippen molar-refractivity contribution in [2.45, 2.75) is 12.5 Å². The quantitative estimate of drug-likeness (QED) is 0.274. The third-order valence-corrected chi connectivity index (χ3v) is 6.79. The Labute approximate surface area is 238 Å². The van der Waals surface area contributed by atoms with Gasteiger partial charge in [-0.25, -0.2) is 0 Å². The zero-order chi connectivity index (χ0) is 28.3. The largest absolute Gasteiger partial charge is 0.492 e. The monoisotopic (exact) mass is 555 g/mol. The molecular weight excluding hydrogens is 522 g/mol. The van der Waals surface area contributed by atoms with Gasteiger partial charge < -0.3 is 24.5 Å². The van der Waals surface area contributed by atoms with Gasteiger partial charge in [-0.1, -0.05) is 60.7 Å². The molecule has 0 saturated carbocycles. The summed E-state index contributed by atoms with van der Waals surface area (Å²) in [5.41, 5.74) is 2.69. The standard InChI is InChI=1S/C31H33N5O5/c37-29(25-13-11-24(12-14-25)23-7-3-1-4-8-23)32-16-15-28-34-35-31(41-28)30(38)33-21-26(36-17-19-39-20-18-36)22-40-27-9-5-2-6-10-27/h1-14,26H,15-22H2,(H,32,37)(H,33,38). The minimum absolute atomic E-state index is 0.0533. The van der Waals surface area contributed by atoms with Crippen molar-refractivity contribution in [3.63, 3.8) is 0 Å². The summed E-state index contributed by atoms with van der Waals surface area (Å²) in [5, 5.41) is 13.6. The molecule has 1 atom stereocenters. The molecule has 0 aliphatic carbocycles. The number of benzene rings is 3. The van der Waals surface area contributed by atoms with Crippen LogP contribution in [0.5, 0.6) is 5.75 Å². The van der Waals surface area contributed by atoms with Crippen LogP contribution >= 0.6 is 0 Å². The average Bonchev–Trinajstić information content (AvgIpc) is 3.51. The van der Waals surface area contributed by atoms with E-state index in [9.17, 15) is 9.59 Å². The molecule has 3 aromatic carbocycles. The van der Waals surface area contributed by atoms with E-state index in [0.29, 0.717) is 44.9 Å². The van der Waals surface area contributed by atoms with Crippen LogP contribution in [0.15, 0.2) is 89.3 Å². The number of carbonyl (C=O) groups is 2. The van der Waals surface area contributed by atoms with Gasteiger partial charge in [0, 0.05) is 38.2 Å². The fraction of sp³-hybridized carbons (Fsp3) is 0.290. The lowest BCUT2D eigenvalue weighted by molar-refractivity contribution is 0.00635. The normalized spacial score (nSPS) is 14.2. The second kappa shape index (κ2) is 14.2. The zero-order valence-corrected chi connectivity index (χ0v) is 22.7. The second-order valence-electron chi connectivity index (χ2n) is 9.59. The number of aromatic nitrogens is 2. The predicted octanol–water partition coefficient (Wildman–Crippen LogP) is 3.22. The van der Waals surface area contributed by atoms with Gasteiger partial charge in [0.2, 0.25) is 5.89 Å². The van der Waals surface area contributed by atoms with E-state index in [2.05, 4.69) is 25.7 Å². The summed E-state index contributed by atoms with van der Waals surface area (Å²) in [6, 6.07) is 26.9. The number of nitrogens with one attached hydrogen (secondary N) is 2. The molecule has 212 valence electrons. The molecule has 1 saturated heterocycles. The maximum atomic E-state index is 12.8. The predicted molar refractivity (Wildman–Crippen MR) is 153 cm³/mol. The Bertz CT molecular complexity index is 1390. The molecule has 1 aromatic heterocycles. The highest BCUT2D eigenvalue weighted by atomic mass is 16.5. The molecule has 2 heterocycles. The van der Waals surface area contributed by atoms with Crippen molar-refractivity contribution in [3.05, 3.63) is 102 Å². The van der Waals surface area contributed by atoms with Crippen LogP contribution in [-0.2, 0) is 11.2 Å². The number of amides is 2. The number of para-hydroxylation sites is 1. The molecule has 1 aliphatic rings. The minimum Gasteiger partial charge on any atom is -0.492 e. The summed E-state index contributed by atoms with van der Waals surface area (Å²) in [7, 11) is 0. The van der Waals surface area contributed by atoms with Gasteiger partial charge in [-0.05, 0) is 35.4 Å². The van der Waals surface area contributed by atoms with Crippen molar-refractivity contribution in [3.8, 4) is 16.9 Å². The first-order chi connectivity index (χ1) is 20.2. The van der Waals surface area contributed by atoms with Crippen LogP contribution in [0.4, 0.5) is 0 Å². The lowest BCUT2D eigenvalue weighted by Crippen LogP contribution is -2.51. The van der Waals surface area contributed by atoms with E-state index in [4.69, 9.17) is 13.9 Å². The summed E-state index contributed by atoms with van der Waals surface area (Å²) in [5.74, 6) is 0.271. The molecule has 2 N–H and O–H groups in total. The Morgan fingerprint density at radius 3 is 2.24 bits per heavy atom. The first-order valence-electron chi connectivity index (χ1n) is 13.7. The fourth-order valence-corrected chi connectivity index (χ4v) is 4.51. The van der Waals surface area contributed by atoms with E-state index in [1.165, 1.54) is 0 Å². The molecular formula is C31H33N5O5. The fourth-order valence-electron chi connectivity index (χ4n) is 4.51. The van der Waals surface area contributed by atoms with Gasteiger partial charge in [0.25, 0.3) is 5.91 Å². The van der Waals surface area contributed by atoms with Crippen LogP contribution in [-0.4, -0.2) is 79.0 Å². The third-order valence-electron chi connectivity index (χ3n) is 6.79. The molecule has 0 spiro atoms. The van der Waals surface area contributed by atoms with E-state index in [1.807, 2.05) is 72.8 Å². The van der Waals surface area contributed by atoms with Crippen LogP contribution in [0.3, 0.4) is 0 Å². The number of hydrogen-bond acceptors (Lipinski definition) is 8. The van der Waals surface area contributed by atoms with Crippen molar-refractivity contribution in [2.24, 2.45) is 0 Å². The average molecular weight is 556 g/mol. The second-order valence-corrected chi connectivity index (χ2v) is 9.59. The zero-order valence-electron chi connectivity index (χ0n) is 22.7. The van der Waals surface area contributed by atoms with Crippen LogP contribution in [0.2, 0.25) is 0 Å². The summed E-state index contributed by atoms with van der Waals surface area (Å²) in [6.07, 6.45) is 0.301. The Balaban J connectivity index is 1.08. The molecule has 10 heteroatoms. The number of ether oxygens (including phenoxy) is 2. The van der Waals surface area contributed by atoms with E-state index >= 15 is 0 Å². The van der Waals surface area contributed by atoms with Crippen molar-refractivity contribution in [1.82, 2.24) is 25.7 Å². The number of carbonyl (C=O) groups excluding carboxylic acids is 2. The van der Waals surface area contributed by atoms with Gasteiger partial charge in [-0.3, -0.25) is 14.5 Å². The van der Waals surface area contributed by atoms with Crippen molar-refractivity contribution in [1.29, 1.82) is 0 Å². The maximum absolute atomic E-state index is 12.8. The van der Waals surface area contributed by atoms with E-state index < -0.39 is 5.91 Å². The molecule has 0 bridgehead atoms. The molecule has 1 unspecified atom stereocenters. The van der Waals surface area contributed by atoms with Crippen LogP contribution < -0.4 is 15.4 Å². The number of nitrogens with zero attached hydrogens (tertiary/aromatic N) is 3. The van der Waals surface area contributed by atoms with Crippen molar-refractivity contribution >= 4 is 11.8 Å². The molecule has 4 aromatic rings. The topological polar surface area (TPSA) is 119 Å². The lowest BCUT2D eigenvalue weighted by atomic mass is 10.0. The van der Waals surface area contributed by atoms with Crippen LogP contribution in [0.1, 0.15) is 26.9 Å². The first kappa shape index (κ1) is 28.0. The van der Waals surface area contributed by atoms with Gasteiger partial charge in [0.1, 0.15) is 12.4 Å². The Morgan fingerprint density at radius 1 is 0.829 bits per heavy atom. The summed E-state index contributed by atoms with van der Waals surface area (Å²) in [4.78, 5) is 27.6. The molecule has 0 radical (unpaired) electrons. The molecule has 2 amide bonds. The third kappa shape index (κ3) is 8.00. The summed E-state index contributed by atoms with van der Waals surface area (Å²) < 4.78 is 17.0. The van der Waals surface area contributed by atoms with Gasteiger partial charge in [-0.2, -0.15) is 0 Å². The van der Waals surface area contributed by atoms with Gasteiger partial charge in [0.15, 0.2) is 0 Å². The smallest absolute Gasteiger partial charge is 0.308 e. The van der Waals surface area contributed by atoms with Crippen molar-refractivity contribution in [2.75, 3.05) is 46.0 Å². The van der Waals surface area contributed by atoms with Crippen molar-refractivity contribution < 1.29 is 23.5 Å². The van der Waals surface area contributed by atoms with E-state index in [1.54, 1.807) is 12.1 Å². The highest BCUT2D eigenvalue weighted by Crippen LogP contribution is 2.19. The highest BCUT2D eigenvalue weighted by Gasteiger charge is 2.24. The minimum atomic E-state index is -0.454. The van der Waals surface area contributed by atoms with Gasteiger partial charge >= 0.3 is 11.8 Å². The van der Waals surface area contributed by atoms with E-state index in [-0.39, 0.29) is 23.7 Å². The first-order valence-corrected chi connectivity index (χ1v) is 13.7. The Morgan fingerprint density at radius 2 is 1.51 bits per heavy atom. The van der Waals surface area contributed by atoms with Gasteiger partial charge in [-0.15, -0.1) is 10.2 Å². The number of morpholine rings is 1. The SMILES string of the molecule is O=C(NCCc1nnc(C(=O)NCC(COc2ccccc2)N2CCOCC2)o1)c1ccc(-c2ccccc2)cc1. The Hall–Kier alpha value is -4.54. The highest BCUT2D eigenvalue weighted by molar-refractivity contribution is 5.94. The molecule has 5 rings (SSSR count). The van der Waals surface area contributed by atoms with Crippen LogP contribution in [0.25, 0.3) is 11.1 Å². The molecule has 1 aliphatic heterocycles. The Kier molecular flexibility index (Phi) is 9.70. The molecule has 41 heavy (non-hydrogen) atoms. The maximum Gasteiger partial charge on any atom is 0.308 e. The number of rotatable bonds is 12. The van der Waals surface area contributed by atoms with E-state index in [0.717, 1.165) is 30.0 Å². The molecule has 1 fully saturated rings. The summed E-state index contributed by atoms with van der Waals surface area (Å²) >= 11 is 0. The lowest BCUT2D eigenvalue weighted by Gasteiger charge is -2.34.